The molecule has 1 heterocycles. The molecular formula is C27H29N3O6S. The lowest BCUT2D eigenvalue weighted by atomic mass is 10.0. The molecule has 0 radical (unpaired) electrons. The molecule has 1 unspecified atom stereocenters. The molecular weight excluding hydrogens is 494 g/mol. The summed E-state index contributed by atoms with van der Waals surface area (Å²) in [6.45, 7) is 4.50. The minimum absolute atomic E-state index is 0.00415. The van der Waals surface area contributed by atoms with Gasteiger partial charge in [0.05, 0.1) is 23.8 Å². The van der Waals surface area contributed by atoms with Crippen molar-refractivity contribution in [1.29, 1.82) is 0 Å². The largest absolute Gasteiger partial charge is 0.494 e. The van der Waals surface area contributed by atoms with E-state index in [1.807, 2.05) is 13.8 Å². The van der Waals surface area contributed by atoms with E-state index in [1.54, 1.807) is 54.6 Å². The fourth-order valence-electron chi connectivity index (χ4n) is 4.02. The zero-order chi connectivity index (χ0) is 26.4. The van der Waals surface area contributed by atoms with Gasteiger partial charge in [-0.2, -0.15) is 4.72 Å². The molecule has 1 aliphatic heterocycles. The maximum atomic E-state index is 13.5. The molecule has 10 heteroatoms. The van der Waals surface area contributed by atoms with Gasteiger partial charge in [-0.15, -0.1) is 0 Å². The number of hydrogen-bond acceptors (Lipinski definition) is 6. The van der Waals surface area contributed by atoms with Gasteiger partial charge in [0.1, 0.15) is 17.5 Å². The molecule has 9 nitrogen and oxygen atoms in total. The number of sulfonamides is 1. The monoisotopic (exact) mass is 523 g/mol. The van der Waals surface area contributed by atoms with Crippen LogP contribution in [-0.4, -0.2) is 33.4 Å². The normalized spacial score (nSPS) is 13.7. The van der Waals surface area contributed by atoms with E-state index in [-0.39, 0.29) is 17.2 Å². The molecule has 0 aliphatic carbocycles. The topological polar surface area (TPSA) is 123 Å². The maximum Gasteiger partial charge on any atom is 0.247 e. The van der Waals surface area contributed by atoms with Gasteiger partial charge in [-0.25, -0.2) is 8.42 Å². The Morgan fingerprint density at radius 3 is 2.46 bits per heavy atom. The molecule has 37 heavy (non-hydrogen) atoms. The van der Waals surface area contributed by atoms with Crippen LogP contribution in [0, 0.1) is 0 Å². The highest BCUT2D eigenvalue weighted by Crippen LogP contribution is 2.31. The highest BCUT2D eigenvalue weighted by molar-refractivity contribution is 7.89. The minimum atomic E-state index is -4.11. The minimum Gasteiger partial charge on any atom is -0.494 e. The van der Waals surface area contributed by atoms with Crippen LogP contribution in [0.25, 0.3) is 0 Å². The maximum absolute atomic E-state index is 13.5. The molecule has 194 valence electrons. The Kier molecular flexibility index (Phi) is 8.10. The quantitative estimate of drug-likeness (QED) is 0.369. The lowest BCUT2D eigenvalue weighted by Crippen LogP contribution is -2.37. The Hall–Kier alpha value is -3.89. The van der Waals surface area contributed by atoms with Crippen molar-refractivity contribution in [2.45, 2.75) is 37.6 Å². The lowest BCUT2D eigenvalue weighted by molar-refractivity contribution is -0.118. The molecule has 2 amide bonds. The molecule has 0 saturated carbocycles. The van der Waals surface area contributed by atoms with E-state index in [0.29, 0.717) is 48.1 Å². The number of hydrogen-bond donors (Lipinski definition) is 3. The van der Waals surface area contributed by atoms with Gasteiger partial charge in [0.2, 0.25) is 21.8 Å². The number of anilines is 2. The van der Waals surface area contributed by atoms with Crippen LogP contribution in [0.2, 0.25) is 0 Å². The van der Waals surface area contributed by atoms with Crippen molar-refractivity contribution in [3.8, 4) is 11.5 Å². The number of nitrogens with one attached hydrogen (secondary N) is 3. The Morgan fingerprint density at radius 1 is 0.973 bits per heavy atom. The summed E-state index contributed by atoms with van der Waals surface area (Å²) >= 11 is 0. The molecule has 0 saturated heterocycles. The molecule has 3 aromatic rings. The number of carbonyl (C=O) groups excluding carboxylic acids is 2. The number of ether oxygens (including phenoxy) is 2. The average Bonchev–Trinajstić information content (AvgIpc) is 2.89. The zero-order valence-corrected chi connectivity index (χ0v) is 21.4. The number of fused-ring (bicyclic) bond motifs is 1. The fraction of sp³-hybridized carbons (Fsp3) is 0.259. The first-order chi connectivity index (χ1) is 17.8. The van der Waals surface area contributed by atoms with Crippen molar-refractivity contribution in [1.82, 2.24) is 4.72 Å². The first kappa shape index (κ1) is 26.2. The molecule has 0 fully saturated rings. The predicted octanol–water partition coefficient (Wildman–Crippen LogP) is 4.03. The first-order valence-electron chi connectivity index (χ1n) is 12.0. The molecule has 1 aliphatic rings. The van der Waals surface area contributed by atoms with E-state index in [0.717, 1.165) is 5.56 Å². The van der Waals surface area contributed by atoms with Crippen LogP contribution in [0.1, 0.15) is 37.4 Å². The van der Waals surface area contributed by atoms with Crippen molar-refractivity contribution in [3.05, 3.63) is 77.9 Å². The highest BCUT2D eigenvalue weighted by atomic mass is 32.2. The van der Waals surface area contributed by atoms with Crippen molar-refractivity contribution >= 4 is 33.2 Å². The highest BCUT2D eigenvalue weighted by Gasteiger charge is 2.29. The Labute approximate surface area is 216 Å². The van der Waals surface area contributed by atoms with Crippen LogP contribution in [-0.2, 0) is 26.0 Å². The van der Waals surface area contributed by atoms with E-state index in [9.17, 15) is 18.0 Å². The Morgan fingerprint density at radius 2 is 1.73 bits per heavy atom. The Balaban J connectivity index is 1.65. The lowest BCUT2D eigenvalue weighted by Gasteiger charge is -2.21. The standard InChI is InChI=1S/C27H29N3O6S/c1-3-35-20-11-14-24(36-4-2)23(17-20)29-27(32)26(18-8-6-5-7-9-18)30-37(33,34)21-12-13-22-19(16-21)10-15-25(31)28-22/h5-9,11-14,16-17,26,30H,3-4,10,15H2,1-2H3,(H,28,31)(H,29,32). The smallest absolute Gasteiger partial charge is 0.247 e. The second kappa shape index (κ2) is 11.4. The molecule has 1 atom stereocenters. The number of carbonyl (C=O) groups is 2. The van der Waals surface area contributed by atoms with Gasteiger partial charge >= 0.3 is 0 Å². The summed E-state index contributed by atoms with van der Waals surface area (Å²) in [6, 6.07) is 16.9. The van der Waals surface area contributed by atoms with Crippen molar-refractivity contribution in [3.63, 3.8) is 0 Å². The van der Waals surface area contributed by atoms with Crippen molar-refractivity contribution < 1.29 is 27.5 Å². The fourth-order valence-corrected chi connectivity index (χ4v) is 5.25. The third-order valence-corrected chi connectivity index (χ3v) is 7.19. The summed E-state index contributed by atoms with van der Waals surface area (Å²) in [6.07, 6.45) is 0.714. The number of rotatable bonds is 10. The summed E-state index contributed by atoms with van der Waals surface area (Å²) in [5, 5.41) is 5.54. The van der Waals surface area contributed by atoms with Crippen LogP contribution < -0.4 is 24.8 Å². The van der Waals surface area contributed by atoms with Crippen LogP contribution in [0.15, 0.2) is 71.6 Å². The van der Waals surface area contributed by atoms with Gasteiger partial charge in [-0.3, -0.25) is 9.59 Å². The molecule has 3 N–H and O–H groups in total. The van der Waals surface area contributed by atoms with Gasteiger partial charge in [0, 0.05) is 18.2 Å². The summed E-state index contributed by atoms with van der Waals surface area (Å²) in [5.74, 6) is 0.279. The van der Waals surface area contributed by atoms with Crippen LogP contribution in [0.5, 0.6) is 11.5 Å². The van der Waals surface area contributed by atoms with E-state index < -0.39 is 22.0 Å². The van der Waals surface area contributed by atoms with Crippen molar-refractivity contribution in [2.75, 3.05) is 23.8 Å². The van der Waals surface area contributed by atoms with Crippen molar-refractivity contribution in [2.24, 2.45) is 0 Å². The Bertz CT molecular complexity index is 1390. The summed E-state index contributed by atoms with van der Waals surface area (Å²) in [4.78, 5) is 25.2. The number of benzene rings is 3. The van der Waals surface area contributed by atoms with E-state index >= 15 is 0 Å². The van der Waals surface area contributed by atoms with Gasteiger partial charge in [0.25, 0.3) is 0 Å². The van der Waals surface area contributed by atoms with Gasteiger partial charge in [-0.05, 0) is 61.7 Å². The van der Waals surface area contributed by atoms with E-state index in [1.165, 1.54) is 12.1 Å². The third kappa shape index (κ3) is 6.28. The average molecular weight is 524 g/mol. The second-order valence-corrected chi connectivity index (χ2v) is 10.1. The zero-order valence-electron chi connectivity index (χ0n) is 20.6. The van der Waals surface area contributed by atoms with Gasteiger partial charge < -0.3 is 20.1 Å². The molecule has 0 spiro atoms. The van der Waals surface area contributed by atoms with Gasteiger partial charge in [-0.1, -0.05) is 30.3 Å². The number of amides is 2. The third-order valence-electron chi connectivity index (χ3n) is 5.77. The number of aryl methyl sites for hydroxylation is 1. The molecule has 0 aromatic heterocycles. The summed E-state index contributed by atoms with van der Waals surface area (Å²) in [5.41, 5.74) is 2.14. The SMILES string of the molecule is CCOc1ccc(OCC)c(NC(=O)C(NS(=O)(=O)c2ccc3c(c2)CCC(=O)N3)c2ccccc2)c1. The van der Waals surface area contributed by atoms with Crippen LogP contribution in [0.3, 0.4) is 0 Å². The summed E-state index contributed by atoms with van der Waals surface area (Å²) in [7, 11) is -4.11. The van der Waals surface area contributed by atoms with Crippen LogP contribution >= 0.6 is 0 Å². The molecule has 4 rings (SSSR count). The first-order valence-corrected chi connectivity index (χ1v) is 13.5. The summed E-state index contributed by atoms with van der Waals surface area (Å²) < 4.78 is 40.6. The van der Waals surface area contributed by atoms with Crippen LogP contribution in [0.4, 0.5) is 11.4 Å². The van der Waals surface area contributed by atoms with Gasteiger partial charge in [0.15, 0.2) is 0 Å². The second-order valence-electron chi connectivity index (χ2n) is 8.35. The van der Waals surface area contributed by atoms with E-state index in [2.05, 4.69) is 15.4 Å². The predicted molar refractivity (Wildman–Crippen MR) is 140 cm³/mol. The van der Waals surface area contributed by atoms with E-state index in [4.69, 9.17) is 9.47 Å². The molecule has 0 bridgehead atoms. The molecule has 3 aromatic carbocycles.